The van der Waals surface area contributed by atoms with Gasteiger partial charge in [0.25, 0.3) is 0 Å². The molecule has 1 fully saturated rings. The standard InChI is InChI=1S/C13H15ClN2O3S/c14-12-1-2-13(11(7-12)8-15)20(18,19)16-5-3-10(9-17)4-6-16/h1-2,7,10,17H,3-6,9H2. The molecule has 2 rings (SSSR count). The number of aliphatic hydroxyl groups is 1. The molecule has 1 aliphatic rings. The Kier molecular flexibility index (Phi) is 4.66. The van der Waals surface area contributed by atoms with Crippen LogP contribution in [-0.2, 0) is 10.0 Å². The predicted molar refractivity (Wildman–Crippen MR) is 74.7 cm³/mol. The first-order chi connectivity index (χ1) is 9.48. The first-order valence-corrected chi connectivity index (χ1v) is 8.11. The lowest BCUT2D eigenvalue weighted by atomic mass is 10.00. The molecule has 0 atom stereocenters. The SMILES string of the molecule is N#Cc1cc(Cl)ccc1S(=O)(=O)N1CCC(CO)CC1. The molecule has 7 heteroatoms. The van der Waals surface area contributed by atoms with Crippen LogP contribution in [0.5, 0.6) is 0 Å². The van der Waals surface area contributed by atoms with Gasteiger partial charge >= 0.3 is 0 Å². The molecule has 108 valence electrons. The molecule has 0 unspecified atom stereocenters. The van der Waals surface area contributed by atoms with Crippen LogP contribution >= 0.6 is 11.6 Å². The number of nitrogens with zero attached hydrogens (tertiary/aromatic N) is 2. The van der Waals surface area contributed by atoms with E-state index >= 15 is 0 Å². The Labute approximate surface area is 123 Å². The van der Waals surface area contributed by atoms with E-state index in [0.717, 1.165) is 0 Å². The zero-order valence-electron chi connectivity index (χ0n) is 10.8. The maximum absolute atomic E-state index is 12.5. The first-order valence-electron chi connectivity index (χ1n) is 6.29. The minimum Gasteiger partial charge on any atom is -0.396 e. The summed E-state index contributed by atoms with van der Waals surface area (Å²) in [6.07, 6.45) is 1.26. The Morgan fingerprint density at radius 2 is 2.05 bits per heavy atom. The van der Waals surface area contributed by atoms with Crippen molar-refractivity contribution < 1.29 is 13.5 Å². The fourth-order valence-electron chi connectivity index (χ4n) is 2.29. The smallest absolute Gasteiger partial charge is 0.244 e. The third-order valence-corrected chi connectivity index (χ3v) is 5.70. The number of benzene rings is 1. The van der Waals surface area contributed by atoms with Gasteiger partial charge < -0.3 is 5.11 Å². The summed E-state index contributed by atoms with van der Waals surface area (Å²) in [4.78, 5) is -0.00755. The highest BCUT2D eigenvalue weighted by Crippen LogP contribution is 2.27. The lowest BCUT2D eigenvalue weighted by Crippen LogP contribution is -2.39. The fraction of sp³-hybridized carbons (Fsp3) is 0.462. The second-order valence-electron chi connectivity index (χ2n) is 4.78. The maximum Gasteiger partial charge on any atom is 0.244 e. The fourth-order valence-corrected chi connectivity index (χ4v) is 4.05. The van der Waals surface area contributed by atoms with Crippen LogP contribution in [0.2, 0.25) is 5.02 Å². The molecule has 1 aromatic carbocycles. The normalized spacial score (nSPS) is 17.9. The van der Waals surface area contributed by atoms with Gasteiger partial charge in [0.15, 0.2) is 0 Å². The quantitative estimate of drug-likeness (QED) is 0.919. The summed E-state index contributed by atoms with van der Waals surface area (Å²) in [7, 11) is -3.68. The molecule has 1 aliphatic heterocycles. The largest absolute Gasteiger partial charge is 0.396 e. The molecule has 0 aromatic heterocycles. The Hall–Kier alpha value is -1.13. The van der Waals surface area contributed by atoms with Gasteiger partial charge in [-0.15, -0.1) is 0 Å². The van der Waals surface area contributed by atoms with E-state index < -0.39 is 10.0 Å². The van der Waals surface area contributed by atoms with Crippen molar-refractivity contribution in [1.29, 1.82) is 5.26 Å². The van der Waals surface area contributed by atoms with E-state index in [2.05, 4.69) is 0 Å². The Bertz CT molecular complexity index is 632. The lowest BCUT2D eigenvalue weighted by Gasteiger charge is -2.30. The molecule has 0 amide bonds. The van der Waals surface area contributed by atoms with E-state index in [0.29, 0.717) is 31.0 Å². The Morgan fingerprint density at radius 3 is 2.60 bits per heavy atom. The molecule has 0 spiro atoms. The van der Waals surface area contributed by atoms with Gasteiger partial charge in [-0.25, -0.2) is 8.42 Å². The van der Waals surface area contributed by atoms with Gasteiger partial charge in [-0.05, 0) is 37.0 Å². The van der Waals surface area contributed by atoms with Gasteiger partial charge in [0.1, 0.15) is 11.0 Å². The van der Waals surface area contributed by atoms with Crippen LogP contribution in [0, 0.1) is 17.2 Å². The van der Waals surface area contributed by atoms with E-state index in [9.17, 15) is 8.42 Å². The second kappa shape index (κ2) is 6.10. The number of aliphatic hydroxyl groups excluding tert-OH is 1. The highest BCUT2D eigenvalue weighted by molar-refractivity contribution is 7.89. The number of halogens is 1. The summed E-state index contributed by atoms with van der Waals surface area (Å²) in [6, 6.07) is 6.06. The average molecular weight is 315 g/mol. The van der Waals surface area contributed by atoms with Gasteiger partial charge in [-0.3, -0.25) is 0 Å². The van der Waals surface area contributed by atoms with Crippen LogP contribution < -0.4 is 0 Å². The van der Waals surface area contributed by atoms with Gasteiger partial charge in [0.05, 0.1) is 5.56 Å². The zero-order valence-corrected chi connectivity index (χ0v) is 12.4. The molecular weight excluding hydrogens is 300 g/mol. The van der Waals surface area contributed by atoms with Crippen LogP contribution in [0.4, 0.5) is 0 Å². The summed E-state index contributed by atoms with van der Waals surface area (Å²) >= 11 is 5.78. The summed E-state index contributed by atoms with van der Waals surface area (Å²) in [5.74, 6) is 0.155. The maximum atomic E-state index is 12.5. The lowest BCUT2D eigenvalue weighted by molar-refractivity contribution is 0.170. The number of sulfonamides is 1. The number of hydrogen-bond acceptors (Lipinski definition) is 4. The molecular formula is C13H15ClN2O3S. The van der Waals surface area contributed by atoms with Crippen molar-refractivity contribution in [2.24, 2.45) is 5.92 Å². The van der Waals surface area contributed by atoms with Gasteiger partial charge in [-0.2, -0.15) is 9.57 Å². The van der Waals surface area contributed by atoms with E-state index in [1.807, 2.05) is 6.07 Å². The number of piperidine rings is 1. The predicted octanol–water partition coefficient (Wildman–Crippen LogP) is 1.60. The molecule has 1 N–H and O–H groups in total. The molecule has 5 nitrogen and oxygen atoms in total. The molecule has 20 heavy (non-hydrogen) atoms. The zero-order chi connectivity index (χ0) is 14.8. The van der Waals surface area contributed by atoms with Gasteiger partial charge in [0, 0.05) is 24.7 Å². The molecule has 0 saturated carbocycles. The van der Waals surface area contributed by atoms with Gasteiger partial charge in [-0.1, -0.05) is 11.6 Å². The van der Waals surface area contributed by atoms with Crippen molar-refractivity contribution in [2.45, 2.75) is 17.7 Å². The van der Waals surface area contributed by atoms with Gasteiger partial charge in [0.2, 0.25) is 10.0 Å². The van der Waals surface area contributed by atoms with Crippen molar-refractivity contribution in [2.75, 3.05) is 19.7 Å². The molecule has 1 saturated heterocycles. The van der Waals surface area contributed by atoms with Crippen LogP contribution in [0.3, 0.4) is 0 Å². The van der Waals surface area contributed by atoms with Crippen molar-refractivity contribution in [3.05, 3.63) is 28.8 Å². The Morgan fingerprint density at radius 1 is 1.40 bits per heavy atom. The van der Waals surface area contributed by atoms with Crippen molar-refractivity contribution in [1.82, 2.24) is 4.31 Å². The van der Waals surface area contributed by atoms with Crippen LogP contribution in [0.15, 0.2) is 23.1 Å². The molecule has 0 bridgehead atoms. The number of hydrogen-bond donors (Lipinski definition) is 1. The molecule has 0 radical (unpaired) electrons. The summed E-state index contributed by atoms with van der Waals surface area (Å²) < 4.78 is 26.4. The minimum absolute atomic E-state index is 0.00755. The van der Waals surface area contributed by atoms with Crippen molar-refractivity contribution >= 4 is 21.6 Å². The highest BCUT2D eigenvalue weighted by atomic mass is 35.5. The second-order valence-corrected chi connectivity index (χ2v) is 7.13. The summed E-state index contributed by atoms with van der Waals surface area (Å²) in [5, 5.41) is 18.5. The van der Waals surface area contributed by atoms with E-state index in [1.165, 1.54) is 22.5 Å². The van der Waals surface area contributed by atoms with Crippen molar-refractivity contribution in [3.63, 3.8) is 0 Å². The minimum atomic E-state index is -3.68. The van der Waals surface area contributed by atoms with Crippen LogP contribution in [-0.4, -0.2) is 37.5 Å². The Balaban J connectivity index is 2.30. The summed E-state index contributed by atoms with van der Waals surface area (Å²) in [6.45, 7) is 0.806. The number of nitriles is 1. The van der Waals surface area contributed by atoms with Crippen LogP contribution in [0.25, 0.3) is 0 Å². The average Bonchev–Trinajstić information content (AvgIpc) is 2.46. The van der Waals surface area contributed by atoms with Crippen LogP contribution in [0.1, 0.15) is 18.4 Å². The number of rotatable bonds is 3. The third-order valence-electron chi connectivity index (χ3n) is 3.51. The monoisotopic (exact) mass is 314 g/mol. The van der Waals surface area contributed by atoms with E-state index in [-0.39, 0.29) is 23.0 Å². The third kappa shape index (κ3) is 2.96. The van der Waals surface area contributed by atoms with E-state index in [1.54, 1.807) is 0 Å². The first kappa shape index (κ1) is 15.3. The van der Waals surface area contributed by atoms with E-state index in [4.69, 9.17) is 22.0 Å². The molecule has 0 aliphatic carbocycles. The highest BCUT2D eigenvalue weighted by Gasteiger charge is 2.30. The molecule has 1 heterocycles. The van der Waals surface area contributed by atoms with Crippen molar-refractivity contribution in [3.8, 4) is 6.07 Å². The summed E-state index contributed by atoms with van der Waals surface area (Å²) in [5.41, 5.74) is 0.0572. The molecule has 1 aromatic rings. The topological polar surface area (TPSA) is 81.4 Å².